The Bertz CT molecular complexity index is 341. The van der Waals surface area contributed by atoms with Crippen LogP contribution in [0.1, 0.15) is 25.3 Å². The Morgan fingerprint density at radius 1 is 1.50 bits per heavy atom. The molecule has 0 amide bonds. The van der Waals surface area contributed by atoms with Gasteiger partial charge in [0.25, 0.3) is 5.56 Å². The van der Waals surface area contributed by atoms with Crippen LogP contribution in [-0.4, -0.2) is 4.57 Å². The number of hydrogen-bond acceptors (Lipinski definition) is 1. The smallest absolute Gasteiger partial charge is 0.253 e. The average Bonchev–Trinajstić information content (AvgIpc) is 1.96. The third-order valence-corrected chi connectivity index (χ3v) is 1.83. The molecule has 0 bridgehead atoms. The second kappa shape index (κ2) is 3.09. The first kappa shape index (κ1) is 8.97. The maximum absolute atomic E-state index is 13.1. The lowest BCUT2D eigenvalue weighted by Gasteiger charge is -2.07. The molecular formula is C9H12FNO. The minimum atomic E-state index is -0.409. The van der Waals surface area contributed by atoms with Gasteiger partial charge in [0.2, 0.25) is 0 Å². The second-order valence-corrected chi connectivity index (χ2v) is 3.18. The highest BCUT2D eigenvalue weighted by Crippen LogP contribution is 2.15. The Kier molecular flexibility index (Phi) is 2.31. The highest BCUT2D eigenvalue weighted by atomic mass is 19.1. The molecule has 0 saturated carbocycles. The van der Waals surface area contributed by atoms with E-state index in [1.807, 2.05) is 13.8 Å². The molecule has 0 unspecified atom stereocenters. The fourth-order valence-corrected chi connectivity index (χ4v) is 1.05. The predicted molar refractivity (Wildman–Crippen MR) is 45.7 cm³/mol. The quantitative estimate of drug-likeness (QED) is 0.626. The highest BCUT2D eigenvalue weighted by Gasteiger charge is 2.07. The van der Waals surface area contributed by atoms with Crippen molar-refractivity contribution >= 4 is 0 Å². The Labute approximate surface area is 70.6 Å². The van der Waals surface area contributed by atoms with Crippen molar-refractivity contribution in [3.05, 3.63) is 34.0 Å². The topological polar surface area (TPSA) is 22.0 Å². The summed E-state index contributed by atoms with van der Waals surface area (Å²) in [5.74, 6) is -0.301. The van der Waals surface area contributed by atoms with E-state index in [4.69, 9.17) is 0 Å². The molecule has 12 heavy (non-hydrogen) atoms. The first-order chi connectivity index (χ1) is 5.52. The summed E-state index contributed by atoms with van der Waals surface area (Å²) in [6, 6.07) is 1.02. The molecule has 0 N–H and O–H groups in total. The molecular weight excluding hydrogens is 157 g/mol. The van der Waals surface area contributed by atoms with E-state index in [9.17, 15) is 9.18 Å². The predicted octanol–water partition coefficient (Wildman–Crippen LogP) is 1.65. The first-order valence-electron chi connectivity index (χ1n) is 3.88. The molecule has 0 saturated heterocycles. The maximum atomic E-state index is 13.1. The van der Waals surface area contributed by atoms with Crippen LogP contribution in [-0.2, 0) is 7.05 Å². The van der Waals surface area contributed by atoms with Gasteiger partial charge in [-0.05, 0) is 5.92 Å². The lowest BCUT2D eigenvalue weighted by atomic mass is 10.1. The molecule has 0 radical (unpaired) electrons. The number of halogens is 1. The molecule has 2 nitrogen and oxygen atoms in total. The molecule has 0 atom stereocenters. The summed E-state index contributed by atoms with van der Waals surface area (Å²) < 4.78 is 14.5. The van der Waals surface area contributed by atoms with Gasteiger partial charge in [-0.2, -0.15) is 0 Å². The molecule has 1 rings (SSSR count). The van der Waals surface area contributed by atoms with Crippen LogP contribution >= 0.6 is 0 Å². The van der Waals surface area contributed by atoms with Crippen molar-refractivity contribution in [2.24, 2.45) is 7.05 Å². The summed E-state index contributed by atoms with van der Waals surface area (Å²) >= 11 is 0. The number of aryl methyl sites for hydroxylation is 1. The van der Waals surface area contributed by atoms with Crippen LogP contribution in [0.15, 0.2) is 17.1 Å². The Morgan fingerprint density at radius 2 is 2.08 bits per heavy atom. The van der Waals surface area contributed by atoms with Gasteiger partial charge in [-0.25, -0.2) is 4.39 Å². The number of aromatic nitrogens is 1. The monoisotopic (exact) mass is 169 g/mol. The zero-order valence-electron chi connectivity index (χ0n) is 7.47. The molecule has 0 aliphatic heterocycles. The van der Waals surface area contributed by atoms with Gasteiger partial charge in [-0.15, -0.1) is 0 Å². The van der Waals surface area contributed by atoms with E-state index in [1.165, 1.54) is 4.57 Å². The first-order valence-corrected chi connectivity index (χ1v) is 3.88. The molecule has 1 aromatic heterocycles. The van der Waals surface area contributed by atoms with Gasteiger partial charge in [0, 0.05) is 24.9 Å². The summed E-state index contributed by atoms with van der Waals surface area (Å²) in [7, 11) is 1.62. The Balaban J connectivity index is 3.33. The van der Waals surface area contributed by atoms with Crippen molar-refractivity contribution in [3.63, 3.8) is 0 Å². The SMILES string of the molecule is CC(C)c1cn(C)c(=O)cc1F. The van der Waals surface area contributed by atoms with Crippen molar-refractivity contribution in [2.45, 2.75) is 19.8 Å². The van der Waals surface area contributed by atoms with Gasteiger partial charge in [0.05, 0.1) is 0 Å². The van der Waals surface area contributed by atoms with Crippen molar-refractivity contribution in [1.82, 2.24) is 4.57 Å². The number of nitrogens with zero attached hydrogens (tertiary/aromatic N) is 1. The molecule has 0 aliphatic carbocycles. The van der Waals surface area contributed by atoms with Gasteiger partial charge < -0.3 is 4.57 Å². The Hall–Kier alpha value is -1.12. The van der Waals surface area contributed by atoms with Crippen molar-refractivity contribution in [2.75, 3.05) is 0 Å². The third kappa shape index (κ3) is 1.55. The number of pyridine rings is 1. The maximum Gasteiger partial charge on any atom is 0.253 e. The molecule has 66 valence electrons. The second-order valence-electron chi connectivity index (χ2n) is 3.18. The van der Waals surface area contributed by atoms with E-state index in [2.05, 4.69) is 0 Å². The summed E-state index contributed by atoms with van der Waals surface area (Å²) in [6.07, 6.45) is 1.54. The van der Waals surface area contributed by atoms with Crippen LogP contribution in [0.25, 0.3) is 0 Å². The average molecular weight is 169 g/mol. The van der Waals surface area contributed by atoms with Crippen LogP contribution in [0.5, 0.6) is 0 Å². The zero-order valence-corrected chi connectivity index (χ0v) is 7.47. The van der Waals surface area contributed by atoms with E-state index in [0.29, 0.717) is 5.56 Å². The largest absolute Gasteiger partial charge is 0.318 e. The van der Waals surface area contributed by atoms with Crippen LogP contribution in [0.2, 0.25) is 0 Å². The van der Waals surface area contributed by atoms with E-state index in [-0.39, 0.29) is 11.5 Å². The van der Waals surface area contributed by atoms with Crippen LogP contribution < -0.4 is 5.56 Å². The summed E-state index contributed by atoms with van der Waals surface area (Å²) in [6.45, 7) is 3.78. The fourth-order valence-electron chi connectivity index (χ4n) is 1.05. The molecule has 1 aromatic rings. The summed E-state index contributed by atoms with van der Waals surface area (Å²) in [4.78, 5) is 10.9. The van der Waals surface area contributed by atoms with Crippen molar-refractivity contribution in [3.8, 4) is 0 Å². The van der Waals surface area contributed by atoms with Gasteiger partial charge in [0.15, 0.2) is 0 Å². The number of hydrogen-bond donors (Lipinski definition) is 0. The highest BCUT2D eigenvalue weighted by molar-refractivity contribution is 5.16. The van der Waals surface area contributed by atoms with E-state index >= 15 is 0 Å². The molecule has 0 spiro atoms. The third-order valence-electron chi connectivity index (χ3n) is 1.83. The lowest BCUT2D eigenvalue weighted by molar-refractivity contribution is 0.584. The standard InChI is InChI=1S/C9H12FNO/c1-6(2)7-5-11(3)9(12)4-8(7)10/h4-6H,1-3H3. The van der Waals surface area contributed by atoms with E-state index < -0.39 is 5.82 Å². The molecule has 0 fully saturated rings. The zero-order chi connectivity index (χ0) is 9.30. The Morgan fingerprint density at radius 3 is 2.58 bits per heavy atom. The van der Waals surface area contributed by atoms with Crippen molar-refractivity contribution < 1.29 is 4.39 Å². The summed E-state index contributed by atoms with van der Waals surface area (Å²) in [5.41, 5.74) is 0.272. The molecule has 0 aromatic carbocycles. The van der Waals surface area contributed by atoms with Gasteiger partial charge in [0.1, 0.15) is 5.82 Å². The van der Waals surface area contributed by atoms with E-state index in [0.717, 1.165) is 6.07 Å². The molecule has 1 heterocycles. The minimum absolute atomic E-state index is 0.108. The lowest BCUT2D eigenvalue weighted by Crippen LogP contribution is -2.17. The van der Waals surface area contributed by atoms with Crippen LogP contribution in [0.4, 0.5) is 4.39 Å². The normalized spacial score (nSPS) is 10.8. The fraction of sp³-hybridized carbons (Fsp3) is 0.444. The van der Waals surface area contributed by atoms with E-state index in [1.54, 1.807) is 13.2 Å². The van der Waals surface area contributed by atoms with Gasteiger partial charge in [-0.1, -0.05) is 13.8 Å². The molecule has 3 heteroatoms. The van der Waals surface area contributed by atoms with Gasteiger partial charge >= 0.3 is 0 Å². The van der Waals surface area contributed by atoms with Crippen molar-refractivity contribution in [1.29, 1.82) is 0 Å². The number of rotatable bonds is 1. The van der Waals surface area contributed by atoms with Crippen LogP contribution in [0, 0.1) is 5.82 Å². The van der Waals surface area contributed by atoms with Gasteiger partial charge in [-0.3, -0.25) is 4.79 Å². The summed E-state index contributed by atoms with van der Waals surface area (Å²) in [5, 5.41) is 0. The molecule has 0 aliphatic rings. The van der Waals surface area contributed by atoms with Crippen LogP contribution in [0.3, 0.4) is 0 Å². The minimum Gasteiger partial charge on any atom is -0.318 e.